The summed E-state index contributed by atoms with van der Waals surface area (Å²) in [6.45, 7) is 0. The van der Waals surface area contributed by atoms with Crippen LogP contribution >= 0.6 is 0 Å². The Morgan fingerprint density at radius 3 is 2.56 bits per heavy atom. The van der Waals surface area contributed by atoms with Crippen LogP contribution in [0, 0.1) is 21.4 Å². The fourth-order valence-electron chi connectivity index (χ4n) is 1.16. The van der Waals surface area contributed by atoms with E-state index in [0.717, 1.165) is 6.07 Å². The Kier molecular flexibility index (Phi) is 3.58. The quantitative estimate of drug-likeness (QED) is 0.582. The minimum absolute atomic E-state index is 0.186. The van der Waals surface area contributed by atoms with E-state index in [1.54, 1.807) is 6.07 Å². The maximum absolute atomic E-state index is 11.7. The fourth-order valence-corrected chi connectivity index (χ4v) is 2.49. The van der Waals surface area contributed by atoms with E-state index in [2.05, 4.69) is 0 Å². The van der Waals surface area contributed by atoms with Crippen LogP contribution in [0.5, 0.6) is 0 Å². The van der Waals surface area contributed by atoms with Crippen LogP contribution in [-0.2, 0) is 9.84 Å². The van der Waals surface area contributed by atoms with Crippen LogP contribution in [0.3, 0.4) is 0 Å². The number of hydrogen-bond acceptors (Lipinski definition) is 5. The first-order valence-corrected chi connectivity index (χ1v) is 5.97. The topological polar surface area (TPSA) is 101 Å². The highest BCUT2D eigenvalue weighted by Crippen LogP contribution is 2.24. The first-order valence-electron chi connectivity index (χ1n) is 4.32. The highest BCUT2D eigenvalue weighted by molar-refractivity contribution is 7.91. The molecule has 0 bridgehead atoms. The van der Waals surface area contributed by atoms with Crippen LogP contribution in [-0.4, -0.2) is 19.1 Å². The lowest BCUT2D eigenvalue weighted by Crippen LogP contribution is -2.08. The van der Waals surface area contributed by atoms with Gasteiger partial charge in [-0.25, -0.2) is 8.42 Å². The van der Waals surface area contributed by atoms with E-state index in [0.29, 0.717) is 0 Å². The maximum atomic E-state index is 11.7. The van der Waals surface area contributed by atoms with Crippen LogP contribution in [0.1, 0.15) is 6.42 Å². The van der Waals surface area contributed by atoms with E-state index < -0.39 is 26.2 Å². The molecule has 0 saturated heterocycles. The number of nitro benzene ring substituents is 1. The molecule has 0 N–H and O–H groups in total. The number of hydrogen-bond donors (Lipinski definition) is 0. The standard InChI is InChI=1S/C9H8N2O4S/c10-6-3-7-16(14,15)9-5-2-1-4-8(9)11(12)13/h1-2,4-5H,3,7H2. The van der Waals surface area contributed by atoms with Crippen molar-refractivity contribution in [1.82, 2.24) is 0 Å². The summed E-state index contributed by atoms with van der Waals surface area (Å²) in [4.78, 5) is 9.53. The van der Waals surface area contributed by atoms with E-state index in [-0.39, 0.29) is 11.3 Å². The Labute approximate surface area is 92.2 Å². The van der Waals surface area contributed by atoms with E-state index >= 15 is 0 Å². The van der Waals surface area contributed by atoms with Crippen molar-refractivity contribution < 1.29 is 13.3 Å². The molecule has 0 aromatic heterocycles. The van der Waals surface area contributed by atoms with Gasteiger partial charge in [-0.05, 0) is 6.07 Å². The Hall–Kier alpha value is -1.94. The third kappa shape index (κ3) is 2.55. The lowest BCUT2D eigenvalue weighted by Gasteiger charge is -2.02. The Balaban J connectivity index is 3.23. The molecule has 0 heterocycles. The van der Waals surface area contributed by atoms with E-state index in [1.807, 2.05) is 0 Å². The number of nitro groups is 1. The molecular weight excluding hydrogens is 232 g/mol. The molecule has 0 saturated carbocycles. The second-order valence-corrected chi connectivity index (χ2v) is 5.03. The molecule has 0 aliphatic carbocycles. The van der Waals surface area contributed by atoms with E-state index in [4.69, 9.17) is 5.26 Å². The number of benzene rings is 1. The van der Waals surface area contributed by atoms with Gasteiger partial charge in [-0.2, -0.15) is 5.26 Å². The molecule has 0 unspecified atom stereocenters. The molecule has 1 aromatic carbocycles. The first kappa shape index (κ1) is 12.1. The summed E-state index contributed by atoms with van der Waals surface area (Å²) in [6, 6.07) is 6.79. The zero-order chi connectivity index (χ0) is 12.2. The molecule has 0 radical (unpaired) electrons. The molecule has 1 aromatic rings. The van der Waals surface area contributed by atoms with Crippen molar-refractivity contribution >= 4 is 15.5 Å². The van der Waals surface area contributed by atoms with Gasteiger partial charge < -0.3 is 0 Å². The lowest BCUT2D eigenvalue weighted by atomic mass is 10.3. The van der Waals surface area contributed by atoms with Gasteiger partial charge in [-0.3, -0.25) is 10.1 Å². The van der Waals surface area contributed by atoms with Gasteiger partial charge >= 0.3 is 0 Å². The van der Waals surface area contributed by atoms with Crippen molar-refractivity contribution in [2.45, 2.75) is 11.3 Å². The van der Waals surface area contributed by atoms with Crippen LogP contribution in [0.25, 0.3) is 0 Å². The third-order valence-corrected chi connectivity index (χ3v) is 3.64. The minimum Gasteiger partial charge on any atom is -0.258 e. The second kappa shape index (κ2) is 4.72. The van der Waals surface area contributed by atoms with Crippen molar-refractivity contribution in [3.8, 4) is 6.07 Å². The van der Waals surface area contributed by atoms with Gasteiger partial charge in [-0.15, -0.1) is 0 Å². The van der Waals surface area contributed by atoms with Crippen molar-refractivity contribution in [3.05, 3.63) is 34.4 Å². The highest BCUT2D eigenvalue weighted by Gasteiger charge is 2.24. The average Bonchev–Trinajstić information content (AvgIpc) is 2.26. The summed E-state index contributed by atoms with van der Waals surface area (Å²) in [6.07, 6.45) is -0.186. The summed E-state index contributed by atoms with van der Waals surface area (Å²) in [5, 5.41) is 18.9. The van der Waals surface area contributed by atoms with Gasteiger partial charge in [0.15, 0.2) is 9.84 Å². The molecule has 0 atom stereocenters. The van der Waals surface area contributed by atoms with Crippen LogP contribution < -0.4 is 0 Å². The third-order valence-electron chi connectivity index (χ3n) is 1.88. The van der Waals surface area contributed by atoms with Gasteiger partial charge in [0.05, 0.1) is 16.7 Å². The summed E-state index contributed by atoms with van der Waals surface area (Å²) >= 11 is 0. The minimum atomic E-state index is -3.76. The summed E-state index contributed by atoms with van der Waals surface area (Å²) < 4.78 is 23.3. The van der Waals surface area contributed by atoms with Crippen molar-refractivity contribution in [3.63, 3.8) is 0 Å². The molecular formula is C9H8N2O4S. The molecule has 6 nitrogen and oxygen atoms in total. The highest BCUT2D eigenvalue weighted by atomic mass is 32.2. The van der Waals surface area contributed by atoms with Crippen LogP contribution in [0.4, 0.5) is 5.69 Å². The molecule has 0 aliphatic rings. The van der Waals surface area contributed by atoms with Crippen molar-refractivity contribution in [1.29, 1.82) is 5.26 Å². The zero-order valence-electron chi connectivity index (χ0n) is 8.16. The molecule has 0 amide bonds. The number of para-hydroxylation sites is 1. The Morgan fingerprint density at radius 2 is 2.00 bits per heavy atom. The van der Waals surface area contributed by atoms with E-state index in [1.165, 1.54) is 18.2 Å². The van der Waals surface area contributed by atoms with Gasteiger partial charge in [-0.1, -0.05) is 12.1 Å². The number of nitrogens with zero attached hydrogens (tertiary/aromatic N) is 2. The van der Waals surface area contributed by atoms with E-state index in [9.17, 15) is 18.5 Å². The van der Waals surface area contributed by atoms with Gasteiger partial charge in [0, 0.05) is 12.5 Å². The predicted molar refractivity (Wildman–Crippen MR) is 55.4 cm³/mol. The molecule has 84 valence electrons. The number of nitriles is 1. The number of sulfone groups is 1. The smallest absolute Gasteiger partial charge is 0.258 e. The van der Waals surface area contributed by atoms with Crippen molar-refractivity contribution in [2.24, 2.45) is 0 Å². The maximum Gasteiger partial charge on any atom is 0.287 e. The second-order valence-electron chi connectivity index (χ2n) is 2.95. The van der Waals surface area contributed by atoms with Gasteiger partial charge in [0.25, 0.3) is 5.69 Å². The van der Waals surface area contributed by atoms with Crippen LogP contribution in [0.15, 0.2) is 29.2 Å². The predicted octanol–water partition coefficient (Wildman–Crippen LogP) is 1.28. The normalized spacial score (nSPS) is 10.7. The molecule has 16 heavy (non-hydrogen) atoms. The molecule has 0 aliphatic heterocycles. The Morgan fingerprint density at radius 1 is 1.38 bits per heavy atom. The van der Waals surface area contributed by atoms with Crippen molar-refractivity contribution in [2.75, 3.05) is 5.75 Å². The monoisotopic (exact) mass is 240 g/mol. The van der Waals surface area contributed by atoms with Gasteiger partial charge in [0.2, 0.25) is 0 Å². The molecule has 7 heteroatoms. The zero-order valence-corrected chi connectivity index (χ0v) is 8.98. The molecule has 0 spiro atoms. The summed E-state index contributed by atoms with van der Waals surface area (Å²) in [5.41, 5.74) is -0.458. The largest absolute Gasteiger partial charge is 0.287 e. The summed E-state index contributed by atoms with van der Waals surface area (Å²) in [7, 11) is -3.76. The Bertz CT molecular complexity index is 545. The molecule has 1 rings (SSSR count). The van der Waals surface area contributed by atoms with Gasteiger partial charge in [0.1, 0.15) is 4.90 Å². The summed E-state index contributed by atoms with van der Waals surface area (Å²) in [5.74, 6) is -0.408. The lowest BCUT2D eigenvalue weighted by molar-refractivity contribution is -0.387. The average molecular weight is 240 g/mol. The van der Waals surface area contributed by atoms with Crippen LogP contribution in [0.2, 0.25) is 0 Å². The fraction of sp³-hybridized carbons (Fsp3) is 0.222. The molecule has 0 fully saturated rings. The first-order chi connectivity index (χ1) is 7.49. The SMILES string of the molecule is N#CCCS(=O)(=O)c1ccccc1[N+](=O)[O-]. The number of rotatable bonds is 4.